The Kier molecular flexibility index (Phi) is 4.39. The lowest BCUT2D eigenvalue weighted by atomic mass is 9.68. The van der Waals surface area contributed by atoms with E-state index in [1.165, 1.54) is 71.1 Å². The number of benzene rings is 1. The number of fused-ring (bicyclic) bond motifs is 4. The summed E-state index contributed by atoms with van der Waals surface area (Å²) < 4.78 is 0. The smallest absolute Gasteiger partial charge is 0.124 e. The van der Waals surface area contributed by atoms with Gasteiger partial charge in [-0.1, -0.05) is 57.0 Å². The van der Waals surface area contributed by atoms with Gasteiger partial charge in [-0.25, -0.2) is 4.98 Å². The Bertz CT molecular complexity index is 1040. The molecule has 0 aliphatic heterocycles. The van der Waals surface area contributed by atoms with Gasteiger partial charge < -0.3 is 0 Å². The standard InChI is InChI=1S/C26H31NS/c1-5-26(3,4)18-13-14-21-20(15-18)23(17-11-9-16(2)10-12-17)24-19-7-6-8-22(19)28-25(24)27-21/h9-12,18H,5-8,13-15H2,1-4H3/t18-/m0/s1. The summed E-state index contributed by atoms with van der Waals surface area (Å²) in [5.74, 6) is 0.750. The normalized spacial score (nSPS) is 19.1. The highest BCUT2D eigenvalue weighted by atomic mass is 32.1. The second kappa shape index (κ2) is 6.69. The molecular weight excluding hydrogens is 358 g/mol. The molecule has 3 aromatic rings. The maximum atomic E-state index is 5.24. The Morgan fingerprint density at radius 1 is 1.07 bits per heavy atom. The Labute approximate surface area is 173 Å². The molecule has 0 N–H and O–H groups in total. The zero-order valence-electron chi connectivity index (χ0n) is 17.7. The summed E-state index contributed by atoms with van der Waals surface area (Å²) in [5.41, 5.74) is 9.21. The molecule has 1 aromatic carbocycles. The predicted molar refractivity (Wildman–Crippen MR) is 121 cm³/mol. The lowest BCUT2D eigenvalue weighted by Crippen LogP contribution is -2.29. The van der Waals surface area contributed by atoms with Gasteiger partial charge in [0.05, 0.1) is 0 Å². The van der Waals surface area contributed by atoms with Crippen molar-refractivity contribution >= 4 is 21.6 Å². The number of hydrogen-bond donors (Lipinski definition) is 0. The number of aromatic nitrogens is 1. The summed E-state index contributed by atoms with van der Waals surface area (Å²) in [6, 6.07) is 9.24. The van der Waals surface area contributed by atoms with Crippen LogP contribution in [0.5, 0.6) is 0 Å². The van der Waals surface area contributed by atoms with Crippen LogP contribution in [0.2, 0.25) is 0 Å². The average Bonchev–Trinajstić information content (AvgIpc) is 3.27. The van der Waals surface area contributed by atoms with Crippen LogP contribution < -0.4 is 0 Å². The molecule has 1 nitrogen and oxygen atoms in total. The number of rotatable bonds is 3. The van der Waals surface area contributed by atoms with E-state index in [0.717, 1.165) is 12.3 Å². The van der Waals surface area contributed by atoms with Crippen LogP contribution in [0.3, 0.4) is 0 Å². The molecule has 0 amide bonds. The minimum atomic E-state index is 0.397. The second-order valence-corrected chi connectivity index (χ2v) is 10.7. The first-order valence-corrected chi connectivity index (χ1v) is 11.8. The maximum absolute atomic E-state index is 5.24. The van der Waals surface area contributed by atoms with Gasteiger partial charge in [-0.05, 0) is 79.0 Å². The summed E-state index contributed by atoms with van der Waals surface area (Å²) >= 11 is 1.97. The third kappa shape index (κ3) is 2.84. The van der Waals surface area contributed by atoms with Crippen molar-refractivity contribution in [1.29, 1.82) is 0 Å². The molecule has 146 valence electrons. The third-order valence-corrected chi connectivity index (χ3v) is 8.76. The van der Waals surface area contributed by atoms with E-state index in [1.54, 1.807) is 16.0 Å². The largest absolute Gasteiger partial charge is 0.242 e. The van der Waals surface area contributed by atoms with Gasteiger partial charge in [-0.3, -0.25) is 0 Å². The molecule has 1 atom stereocenters. The highest BCUT2D eigenvalue weighted by molar-refractivity contribution is 7.19. The van der Waals surface area contributed by atoms with Gasteiger partial charge in [0, 0.05) is 16.0 Å². The fraction of sp³-hybridized carbons (Fsp3) is 0.500. The van der Waals surface area contributed by atoms with Crippen molar-refractivity contribution in [3.8, 4) is 11.1 Å². The van der Waals surface area contributed by atoms with Crippen molar-refractivity contribution in [2.75, 3.05) is 0 Å². The van der Waals surface area contributed by atoms with Crippen molar-refractivity contribution < 1.29 is 0 Å². The molecule has 0 fully saturated rings. The molecule has 2 aliphatic rings. The maximum Gasteiger partial charge on any atom is 0.124 e. The number of thiophene rings is 1. The summed E-state index contributed by atoms with van der Waals surface area (Å²) in [6.07, 6.45) is 8.65. The summed E-state index contributed by atoms with van der Waals surface area (Å²) in [6.45, 7) is 9.46. The molecule has 0 unspecified atom stereocenters. The van der Waals surface area contributed by atoms with Gasteiger partial charge >= 0.3 is 0 Å². The SMILES string of the molecule is CCC(C)(C)[C@H]1CCc2nc3sc4c(c3c(-c3ccc(C)cc3)c2C1)CCC4. The third-order valence-electron chi connectivity index (χ3n) is 7.58. The minimum Gasteiger partial charge on any atom is -0.242 e. The van der Waals surface area contributed by atoms with Crippen molar-refractivity contribution in [3.63, 3.8) is 0 Å². The van der Waals surface area contributed by atoms with Crippen LogP contribution in [0, 0.1) is 18.3 Å². The van der Waals surface area contributed by atoms with E-state index in [0.29, 0.717) is 5.41 Å². The van der Waals surface area contributed by atoms with Crippen molar-refractivity contribution in [3.05, 3.63) is 51.5 Å². The molecule has 0 saturated heterocycles. The van der Waals surface area contributed by atoms with Crippen molar-refractivity contribution in [2.24, 2.45) is 11.3 Å². The first-order chi connectivity index (χ1) is 13.5. The molecule has 28 heavy (non-hydrogen) atoms. The molecule has 2 heterocycles. The van der Waals surface area contributed by atoms with Gasteiger partial charge in [0.25, 0.3) is 0 Å². The van der Waals surface area contributed by atoms with Crippen LogP contribution in [0.25, 0.3) is 21.3 Å². The highest BCUT2D eigenvalue weighted by Gasteiger charge is 2.34. The van der Waals surface area contributed by atoms with Crippen LogP contribution in [0.1, 0.15) is 67.3 Å². The number of hydrogen-bond acceptors (Lipinski definition) is 2. The molecule has 0 radical (unpaired) electrons. The molecule has 0 saturated carbocycles. The Morgan fingerprint density at radius 3 is 2.61 bits per heavy atom. The van der Waals surface area contributed by atoms with Crippen LogP contribution in [-0.4, -0.2) is 4.98 Å². The molecule has 0 bridgehead atoms. The quantitative estimate of drug-likeness (QED) is 0.458. The van der Waals surface area contributed by atoms with Gasteiger partial charge in [0.1, 0.15) is 4.83 Å². The molecule has 0 spiro atoms. The van der Waals surface area contributed by atoms with E-state index in [2.05, 4.69) is 52.0 Å². The van der Waals surface area contributed by atoms with Gasteiger partial charge in [0.15, 0.2) is 0 Å². The molecule has 2 aromatic heterocycles. The van der Waals surface area contributed by atoms with Gasteiger partial charge in [0.2, 0.25) is 0 Å². The summed E-state index contributed by atoms with van der Waals surface area (Å²) in [4.78, 5) is 8.14. The van der Waals surface area contributed by atoms with Crippen LogP contribution in [0.15, 0.2) is 24.3 Å². The van der Waals surface area contributed by atoms with Crippen LogP contribution in [-0.2, 0) is 25.7 Å². The Balaban J connectivity index is 1.76. The van der Waals surface area contributed by atoms with E-state index < -0.39 is 0 Å². The first-order valence-electron chi connectivity index (χ1n) is 11.0. The van der Waals surface area contributed by atoms with Gasteiger partial charge in [-0.15, -0.1) is 11.3 Å². The topological polar surface area (TPSA) is 12.9 Å². The van der Waals surface area contributed by atoms with E-state index >= 15 is 0 Å². The first kappa shape index (κ1) is 18.4. The fourth-order valence-corrected chi connectivity index (χ4v) is 6.58. The molecule has 5 rings (SSSR count). The predicted octanol–water partition coefficient (Wildman–Crippen LogP) is 7.30. The highest BCUT2D eigenvalue weighted by Crippen LogP contribution is 2.48. The Morgan fingerprint density at radius 2 is 1.86 bits per heavy atom. The summed E-state index contributed by atoms with van der Waals surface area (Å²) in [7, 11) is 0. The molecule has 2 heteroatoms. The van der Waals surface area contributed by atoms with Gasteiger partial charge in [-0.2, -0.15) is 0 Å². The lowest BCUT2D eigenvalue weighted by molar-refractivity contribution is 0.182. The fourth-order valence-electron chi connectivity index (χ4n) is 5.29. The van der Waals surface area contributed by atoms with Crippen molar-refractivity contribution in [2.45, 2.75) is 72.6 Å². The zero-order chi connectivity index (χ0) is 19.5. The van der Waals surface area contributed by atoms with E-state index in [-0.39, 0.29) is 0 Å². The molecular formula is C26H31NS. The van der Waals surface area contributed by atoms with E-state index in [9.17, 15) is 0 Å². The van der Waals surface area contributed by atoms with Crippen molar-refractivity contribution in [1.82, 2.24) is 4.98 Å². The number of pyridine rings is 1. The van der Waals surface area contributed by atoms with Crippen LogP contribution >= 0.6 is 11.3 Å². The summed E-state index contributed by atoms with van der Waals surface area (Å²) in [5, 5.41) is 1.50. The second-order valence-electron chi connectivity index (χ2n) is 9.60. The van der Waals surface area contributed by atoms with Crippen LogP contribution in [0.4, 0.5) is 0 Å². The number of nitrogens with zero attached hydrogens (tertiary/aromatic N) is 1. The van der Waals surface area contributed by atoms with E-state index in [4.69, 9.17) is 4.98 Å². The minimum absolute atomic E-state index is 0.397. The lowest BCUT2D eigenvalue weighted by Gasteiger charge is -2.37. The van der Waals surface area contributed by atoms with E-state index in [1.807, 2.05) is 11.3 Å². The molecule has 2 aliphatic carbocycles. The average molecular weight is 390 g/mol. The Hall–Kier alpha value is -1.67. The zero-order valence-corrected chi connectivity index (χ0v) is 18.5. The number of aryl methyl sites for hydroxylation is 4. The monoisotopic (exact) mass is 389 g/mol.